The summed E-state index contributed by atoms with van der Waals surface area (Å²) in [6.07, 6.45) is 1.72. The maximum absolute atomic E-state index is 13.5. The van der Waals surface area contributed by atoms with Crippen LogP contribution in [0.1, 0.15) is 61.6 Å². The fraction of sp³-hybridized carbons (Fsp3) is 0.378. The van der Waals surface area contributed by atoms with E-state index in [9.17, 15) is 24.0 Å². The van der Waals surface area contributed by atoms with Gasteiger partial charge in [0.25, 0.3) is 0 Å². The minimum atomic E-state index is -0.961. The first-order chi connectivity index (χ1) is 23.7. The lowest BCUT2D eigenvalue weighted by Crippen LogP contribution is -2.50. The maximum Gasteiger partial charge on any atom is 0.328 e. The lowest BCUT2D eigenvalue weighted by atomic mass is 10.1. The van der Waals surface area contributed by atoms with E-state index in [0.717, 1.165) is 16.7 Å². The van der Waals surface area contributed by atoms with E-state index in [1.54, 1.807) is 0 Å². The Labute approximate surface area is 287 Å². The lowest BCUT2D eigenvalue weighted by molar-refractivity contribution is -0.149. The van der Waals surface area contributed by atoms with E-state index < -0.39 is 41.8 Å². The van der Waals surface area contributed by atoms with Crippen molar-refractivity contribution < 1.29 is 28.7 Å². The Morgan fingerprint density at radius 2 is 1.04 bits per heavy atom. The summed E-state index contributed by atoms with van der Waals surface area (Å²) in [4.78, 5) is 62.7. The van der Waals surface area contributed by atoms with E-state index in [1.807, 2.05) is 91.0 Å². The molecule has 0 heterocycles. The lowest BCUT2D eigenvalue weighted by Gasteiger charge is -2.23. The van der Waals surface area contributed by atoms with Gasteiger partial charge in [0.1, 0.15) is 12.6 Å². The summed E-state index contributed by atoms with van der Waals surface area (Å²) < 4.78 is 5.57. The van der Waals surface area contributed by atoms with E-state index in [-0.39, 0.29) is 44.6 Å². The Kier molecular flexibility index (Phi) is 17.0. The van der Waals surface area contributed by atoms with Gasteiger partial charge in [-0.2, -0.15) is 0 Å². The third kappa shape index (κ3) is 15.6. The molecule has 0 fully saturated rings. The molecule has 0 aliphatic carbocycles. The first-order valence-corrected chi connectivity index (χ1v) is 16.6. The molecule has 12 nitrogen and oxygen atoms in total. The molecule has 12 heteroatoms. The van der Waals surface area contributed by atoms with Gasteiger partial charge in [0, 0.05) is 32.5 Å². The van der Waals surface area contributed by atoms with Crippen molar-refractivity contribution in [3.05, 3.63) is 108 Å². The zero-order valence-electron chi connectivity index (χ0n) is 27.8. The predicted molar refractivity (Wildman–Crippen MR) is 186 cm³/mol. The molecular formula is C37H48N6O6. The van der Waals surface area contributed by atoms with Crippen molar-refractivity contribution in [3.8, 4) is 0 Å². The van der Waals surface area contributed by atoms with Gasteiger partial charge in [-0.15, -0.1) is 0 Å². The molecule has 262 valence electrons. The number of carbonyl (C=O) groups excluding carboxylic acids is 5. The van der Waals surface area contributed by atoms with Gasteiger partial charge < -0.3 is 37.5 Å². The fourth-order valence-corrected chi connectivity index (χ4v) is 5.06. The number of nitrogens with one attached hydrogen (secondary N) is 4. The third-order valence-electron chi connectivity index (χ3n) is 7.83. The van der Waals surface area contributed by atoms with Crippen molar-refractivity contribution in [2.24, 2.45) is 11.5 Å². The van der Waals surface area contributed by atoms with Gasteiger partial charge >= 0.3 is 5.97 Å². The molecule has 0 saturated carbocycles. The van der Waals surface area contributed by atoms with Gasteiger partial charge in [0.05, 0.1) is 12.1 Å². The summed E-state index contributed by atoms with van der Waals surface area (Å²) in [5.74, 6) is -2.32. The third-order valence-corrected chi connectivity index (χ3v) is 7.83. The Balaban J connectivity index is 1.58. The van der Waals surface area contributed by atoms with Crippen molar-refractivity contribution >= 4 is 29.6 Å². The molecule has 0 saturated heterocycles. The number of esters is 1. The molecule has 8 N–H and O–H groups in total. The van der Waals surface area contributed by atoms with Crippen LogP contribution in [-0.4, -0.2) is 54.3 Å². The zero-order chi connectivity index (χ0) is 35.3. The molecule has 3 aromatic rings. The van der Waals surface area contributed by atoms with Crippen LogP contribution in [0.25, 0.3) is 0 Å². The average molecular weight is 673 g/mol. The number of benzene rings is 3. The van der Waals surface area contributed by atoms with Crippen LogP contribution in [0, 0.1) is 0 Å². The standard InChI is InChI=1S/C37H48N6O6/c38-33(44)21-19-30(41-24-27-12-4-1-5-13-27)35(46)40-23-11-10-18-32(37(48)49-26-29-16-8-3-9-17-29)43-36(47)31(20-22-34(39)45)42-25-28-14-6-2-7-15-28/h1-9,12-17,30-32,41-42H,10-11,18-26H2,(H2,38,44)(H2,39,45)(H,40,46)(H,43,47)/t30-,31-,32-/m0/s1. The summed E-state index contributed by atoms with van der Waals surface area (Å²) in [6.45, 7) is 1.19. The highest BCUT2D eigenvalue weighted by atomic mass is 16.5. The van der Waals surface area contributed by atoms with Crippen molar-refractivity contribution in [2.75, 3.05) is 6.54 Å². The molecule has 0 spiro atoms. The minimum Gasteiger partial charge on any atom is -0.459 e. The Hall–Kier alpha value is -5.07. The molecule has 49 heavy (non-hydrogen) atoms. The van der Waals surface area contributed by atoms with Crippen molar-refractivity contribution in [1.29, 1.82) is 0 Å². The number of primary amides is 2. The predicted octanol–water partition coefficient (Wildman–Crippen LogP) is 2.35. The number of amides is 4. The Morgan fingerprint density at radius 3 is 1.53 bits per heavy atom. The van der Waals surface area contributed by atoms with Crippen LogP contribution >= 0.6 is 0 Å². The van der Waals surface area contributed by atoms with E-state index in [0.29, 0.717) is 32.5 Å². The average Bonchev–Trinajstić information content (AvgIpc) is 3.10. The molecule has 0 bridgehead atoms. The highest BCUT2D eigenvalue weighted by Crippen LogP contribution is 2.10. The summed E-state index contributed by atoms with van der Waals surface area (Å²) >= 11 is 0. The highest BCUT2D eigenvalue weighted by Gasteiger charge is 2.27. The largest absolute Gasteiger partial charge is 0.459 e. The molecule has 0 unspecified atom stereocenters. The van der Waals surface area contributed by atoms with Crippen LogP contribution in [0.15, 0.2) is 91.0 Å². The van der Waals surface area contributed by atoms with Crippen LogP contribution in [0.2, 0.25) is 0 Å². The number of unbranched alkanes of at least 4 members (excludes halogenated alkanes) is 1. The van der Waals surface area contributed by atoms with Crippen LogP contribution in [0.5, 0.6) is 0 Å². The van der Waals surface area contributed by atoms with Crippen molar-refractivity contribution in [1.82, 2.24) is 21.3 Å². The Bertz CT molecular complexity index is 1460. The molecular weight excluding hydrogens is 624 g/mol. The second kappa shape index (κ2) is 21.7. The topological polar surface area (TPSA) is 195 Å². The number of hydrogen-bond acceptors (Lipinski definition) is 8. The van der Waals surface area contributed by atoms with E-state index in [4.69, 9.17) is 16.2 Å². The van der Waals surface area contributed by atoms with Gasteiger partial charge in [-0.1, -0.05) is 91.0 Å². The first-order valence-electron chi connectivity index (χ1n) is 16.6. The summed E-state index contributed by atoms with van der Waals surface area (Å²) in [6, 6.07) is 26.0. The molecule has 3 aromatic carbocycles. The van der Waals surface area contributed by atoms with Crippen LogP contribution in [0.3, 0.4) is 0 Å². The van der Waals surface area contributed by atoms with E-state index >= 15 is 0 Å². The van der Waals surface area contributed by atoms with Gasteiger partial charge in [0.15, 0.2) is 0 Å². The zero-order valence-corrected chi connectivity index (χ0v) is 27.8. The summed E-state index contributed by atoms with van der Waals surface area (Å²) in [7, 11) is 0. The highest BCUT2D eigenvalue weighted by molar-refractivity contribution is 5.88. The van der Waals surface area contributed by atoms with Gasteiger partial charge in [-0.25, -0.2) is 4.79 Å². The number of carbonyl (C=O) groups is 5. The van der Waals surface area contributed by atoms with Crippen LogP contribution in [0.4, 0.5) is 0 Å². The van der Waals surface area contributed by atoms with Crippen molar-refractivity contribution in [2.45, 2.75) is 82.8 Å². The second-order valence-electron chi connectivity index (χ2n) is 11.8. The molecule has 0 aliphatic rings. The summed E-state index contributed by atoms with van der Waals surface area (Å²) in [5.41, 5.74) is 13.5. The minimum absolute atomic E-state index is 0.0106. The van der Waals surface area contributed by atoms with E-state index in [2.05, 4.69) is 21.3 Å². The molecule has 3 atom stereocenters. The SMILES string of the molecule is NC(=O)CC[C@H](NCc1ccccc1)C(=O)NCCCC[C@H](NC(=O)[C@H](CCC(N)=O)NCc1ccccc1)C(=O)OCc1ccccc1. The molecule has 0 radical (unpaired) electrons. The summed E-state index contributed by atoms with van der Waals surface area (Å²) in [5, 5.41) is 12.1. The van der Waals surface area contributed by atoms with Crippen molar-refractivity contribution in [3.63, 3.8) is 0 Å². The van der Waals surface area contributed by atoms with Gasteiger partial charge in [0.2, 0.25) is 23.6 Å². The monoisotopic (exact) mass is 672 g/mol. The number of ether oxygens (including phenoxy) is 1. The normalized spacial score (nSPS) is 12.7. The van der Waals surface area contributed by atoms with Gasteiger partial charge in [-0.3, -0.25) is 19.2 Å². The maximum atomic E-state index is 13.5. The quantitative estimate of drug-likeness (QED) is 0.0652. The first kappa shape index (κ1) is 38.4. The van der Waals surface area contributed by atoms with Crippen LogP contribution < -0.4 is 32.7 Å². The smallest absolute Gasteiger partial charge is 0.328 e. The van der Waals surface area contributed by atoms with Crippen LogP contribution in [-0.2, 0) is 48.4 Å². The molecule has 4 amide bonds. The second-order valence-corrected chi connectivity index (χ2v) is 11.8. The number of rotatable bonds is 23. The van der Waals surface area contributed by atoms with Gasteiger partial charge in [-0.05, 0) is 48.8 Å². The molecule has 0 aromatic heterocycles. The molecule has 0 aliphatic heterocycles. The number of nitrogens with two attached hydrogens (primary N) is 2. The Morgan fingerprint density at radius 1 is 0.571 bits per heavy atom. The number of hydrogen-bond donors (Lipinski definition) is 6. The molecule has 3 rings (SSSR count). The fourth-order valence-electron chi connectivity index (χ4n) is 5.06. The van der Waals surface area contributed by atoms with E-state index in [1.165, 1.54) is 0 Å².